The van der Waals surface area contributed by atoms with Crippen molar-refractivity contribution in [3.63, 3.8) is 0 Å². The number of carbonyl (C=O) groups is 5. The predicted octanol–water partition coefficient (Wildman–Crippen LogP) is 2.68. The van der Waals surface area contributed by atoms with E-state index in [0.717, 1.165) is 5.57 Å². The monoisotopic (exact) mass is 535 g/mol. The molecule has 3 aliphatic carbocycles. The van der Waals surface area contributed by atoms with Crippen LogP contribution in [0.1, 0.15) is 51.0 Å². The number of likely N-dealkylation sites (tertiary alicyclic amines) is 1. The number of carboxylic acid groups (broad SMARTS) is 1. The summed E-state index contributed by atoms with van der Waals surface area (Å²) < 4.78 is 5.87. The molecule has 2 amide bonds. The Morgan fingerprint density at radius 3 is 2.59 bits per heavy atom. The largest absolute Gasteiger partial charge is 0.491 e. The number of carboxylic acids is 1. The van der Waals surface area contributed by atoms with Gasteiger partial charge in [0.1, 0.15) is 12.4 Å². The molecule has 2 fully saturated rings. The molecule has 9 heteroatoms. The number of para-hydroxylation sites is 1. The first-order valence-corrected chi connectivity index (χ1v) is 13.5. The molecule has 0 spiro atoms. The van der Waals surface area contributed by atoms with Gasteiger partial charge >= 0.3 is 5.97 Å². The van der Waals surface area contributed by atoms with Gasteiger partial charge in [-0.25, -0.2) is 0 Å². The van der Waals surface area contributed by atoms with Gasteiger partial charge in [-0.15, -0.1) is 0 Å². The number of ether oxygens (including phenoxy) is 1. The molecule has 6 atom stereocenters. The van der Waals surface area contributed by atoms with Crippen LogP contribution in [0, 0.1) is 29.1 Å². The van der Waals surface area contributed by atoms with Crippen molar-refractivity contribution < 1.29 is 38.9 Å². The van der Waals surface area contributed by atoms with Gasteiger partial charge in [-0.1, -0.05) is 36.8 Å². The van der Waals surface area contributed by atoms with E-state index in [1.807, 2.05) is 25.1 Å². The Morgan fingerprint density at radius 2 is 1.87 bits per heavy atom. The lowest BCUT2D eigenvalue weighted by Gasteiger charge is -2.53. The van der Waals surface area contributed by atoms with Crippen LogP contribution in [0.15, 0.2) is 47.6 Å². The van der Waals surface area contributed by atoms with E-state index in [2.05, 4.69) is 0 Å². The highest BCUT2D eigenvalue weighted by molar-refractivity contribution is 6.13. The van der Waals surface area contributed by atoms with Crippen molar-refractivity contribution >= 4 is 29.4 Å². The molecule has 9 nitrogen and oxygen atoms in total. The Balaban J connectivity index is 1.61. The molecule has 1 saturated heterocycles. The average molecular weight is 536 g/mol. The lowest BCUT2D eigenvalue weighted by Crippen LogP contribution is -2.54. The normalized spacial score (nSPS) is 31.8. The third kappa shape index (κ3) is 4.23. The third-order valence-corrected chi connectivity index (χ3v) is 9.08. The fourth-order valence-corrected chi connectivity index (χ4v) is 7.42. The number of aliphatic hydroxyl groups excluding tert-OH is 1. The summed E-state index contributed by atoms with van der Waals surface area (Å²) in [5.74, 6) is -4.35. The number of rotatable bonds is 8. The van der Waals surface area contributed by atoms with Gasteiger partial charge in [-0.3, -0.25) is 28.9 Å². The fourth-order valence-electron chi connectivity index (χ4n) is 7.42. The fraction of sp³-hybridized carbons (Fsp3) is 0.500. The SMILES string of the molecule is CC1=CC(=O)[C@@H]2C[C@@H]3C(=CC[C@@H]4C(=O)N(CCCC(=O)O)C(=O)[C@@H]43)[C@H](c3ccccc3OCCO)[C@]2(C)C1=O. The molecule has 0 bridgehead atoms. The highest BCUT2D eigenvalue weighted by Gasteiger charge is 2.63. The van der Waals surface area contributed by atoms with Gasteiger partial charge < -0.3 is 14.9 Å². The number of hydrogen-bond acceptors (Lipinski definition) is 7. The Bertz CT molecular complexity index is 1310. The van der Waals surface area contributed by atoms with Gasteiger partial charge in [0.15, 0.2) is 11.6 Å². The minimum absolute atomic E-state index is 0.0424. The number of nitrogens with zero attached hydrogens (tertiary/aromatic N) is 1. The summed E-state index contributed by atoms with van der Waals surface area (Å²) in [6, 6.07) is 7.27. The molecule has 1 aliphatic heterocycles. The van der Waals surface area contributed by atoms with E-state index >= 15 is 0 Å². The maximum atomic E-state index is 13.9. The van der Waals surface area contributed by atoms with Crippen LogP contribution in [0.2, 0.25) is 0 Å². The van der Waals surface area contributed by atoms with E-state index in [-0.39, 0.29) is 62.4 Å². The molecule has 4 aliphatic rings. The van der Waals surface area contributed by atoms with Crippen LogP contribution in [0.25, 0.3) is 0 Å². The number of amides is 2. The predicted molar refractivity (Wildman–Crippen MR) is 139 cm³/mol. The first-order valence-electron chi connectivity index (χ1n) is 13.5. The number of fused-ring (bicyclic) bond motifs is 4. The number of Topliss-reactive ketones (excluding diaryl/α,β-unsaturated/α-hetero) is 1. The van der Waals surface area contributed by atoms with Crippen molar-refractivity contribution in [1.82, 2.24) is 4.90 Å². The Labute approximate surface area is 226 Å². The van der Waals surface area contributed by atoms with Crippen LogP contribution in [0.3, 0.4) is 0 Å². The summed E-state index contributed by atoms with van der Waals surface area (Å²) in [4.78, 5) is 66.5. The van der Waals surface area contributed by atoms with Gasteiger partial charge in [0.2, 0.25) is 11.8 Å². The molecule has 0 radical (unpaired) electrons. The first kappa shape index (κ1) is 27.0. The summed E-state index contributed by atoms with van der Waals surface area (Å²) >= 11 is 0. The number of imide groups is 1. The summed E-state index contributed by atoms with van der Waals surface area (Å²) in [6.07, 6.45) is 4.00. The van der Waals surface area contributed by atoms with Crippen molar-refractivity contribution in [2.75, 3.05) is 19.8 Å². The maximum absolute atomic E-state index is 13.9. The van der Waals surface area contributed by atoms with Crippen LogP contribution < -0.4 is 4.74 Å². The van der Waals surface area contributed by atoms with Crippen LogP contribution >= 0.6 is 0 Å². The second kappa shape index (κ2) is 10.2. The van der Waals surface area contributed by atoms with Crippen molar-refractivity contribution in [3.05, 3.63) is 53.1 Å². The zero-order valence-corrected chi connectivity index (χ0v) is 22.1. The molecule has 206 valence electrons. The van der Waals surface area contributed by atoms with Crippen molar-refractivity contribution in [2.45, 2.75) is 45.4 Å². The Hall–Kier alpha value is -3.59. The first-order chi connectivity index (χ1) is 18.6. The second-order valence-corrected chi connectivity index (χ2v) is 11.2. The number of allylic oxidation sites excluding steroid dienone is 4. The molecule has 2 N–H and O–H groups in total. The van der Waals surface area contributed by atoms with E-state index in [4.69, 9.17) is 9.84 Å². The number of aliphatic carboxylic acids is 1. The smallest absolute Gasteiger partial charge is 0.303 e. The van der Waals surface area contributed by atoms with Gasteiger partial charge in [0.25, 0.3) is 0 Å². The number of carbonyl (C=O) groups excluding carboxylic acids is 4. The molecule has 5 rings (SSSR count). The van der Waals surface area contributed by atoms with E-state index in [1.165, 1.54) is 11.0 Å². The minimum Gasteiger partial charge on any atom is -0.491 e. The van der Waals surface area contributed by atoms with E-state index in [0.29, 0.717) is 23.3 Å². The van der Waals surface area contributed by atoms with E-state index in [9.17, 15) is 29.1 Å². The van der Waals surface area contributed by atoms with Crippen molar-refractivity contribution in [2.24, 2.45) is 29.1 Å². The summed E-state index contributed by atoms with van der Waals surface area (Å²) in [7, 11) is 0. The summed E-state index contributed by atoms with van der Waals surface area (Å²) in [6.45, 7) is 3.38. The quantitative estimate of drug-likeness (QED) is 0.383. The van der Waals surface area contributed by atoms with Crippen LogP contribution in [0.5, 0.6) is 5.75 Å². The topological polar surface area (TPSA) is 138 Å². The highest BCUT2D eigenvalue weighted by Crippen LogP contribution is 2.63. The average Bonchev–Trinajstić information content (AvgIpc) is 3.15. The number of ketones is 2. The molecule has 1 saturated carbocycles. The second-order valence-electron chi connectivity index (χ2n) is 11.2. The highest BCUT2D eigenvalue weighted by atomic mass is 16.5. The van der Waals surface area contributed by atoms with Crippen LogP contribution in [-0.4, -0.2) is 64.2 Å². The van der Waals surface area contributed by atoms with Crippen molar-refractivity contribution in [1.29, 1.82) is 0 Å². The molecule has 1 heterocycles. The zero-order valence-electron chi connectivity index (χ0n) is 22.1. The van der Waals surface area contributed by atoms with Crippen LogP contribution in [0.4, 0.5) is 0 Å². The van der Waals surface area contributed by atoms with Gasteiger partial charge in [0.05, 0.1) is 23.9 Å². The van der Waals surface area contributed by atoms with Crippen LogP contribution in [-0.2, 0) is 24.0 Å². The Kier molecular flexibility index (Phi) is 7.05. The minimum atomic E-state index is -1.11. The number of hydrogen-bond donors (Lipinski definition) is 2. The Morgan fingerprint density at radius 1 is 1.13 bits per heavy atom. The molecular weight excluding hydrogens is 502 g/mol. The third-order valence-electron chi connectivity index (χ3n) is 9.08. The molecular formula is C30H33NO8. The standard InChI is InChI=1S/C30H33NO8/c1-16-14-22(33)21-15-20-17(9-10-19-25(20)29(38)31(28(19)37)11-5-8-24(34)35)26(30(21,2)27(16)36)18-6-3-4-7-23(18)39-13-12-32/h3-4,6-7,9,14,19-21,25-26,32H,5,8,10-13,15H2,1-2H3,(H,34,35)/t19-,20+,21-,25-,26+,30+/m0/s1. The van der Waals surface area contributed by atoms with E-state index in [1.54, 1.807) is 19.1 Å². The van der Waals surface area contributed by atoms with Gasteiger partial charge in [-0.05, 0) is 49.8 Å². The van der Waals surface area contributed by atoms with Gasteiger partial charge in [-0.2, -0.15) is 0 Å². The number of benzene rings is 1. The molecule has 1 aromatic carbocycles. The number of aliphatic hydroxyl groups is 1. The molecule has 39 heavy (non-hydrogen) atoms. The van der Waals surface area contributed by atoms with Gasteiger partial charge in [0, 0.05) is 30.4 Å². The molecule has 0 unspecified atom stereocenters. The maximum Gasteiger partial charge on any atom is 0.303 e. The van der Waals surface area contributed by atoms with Crippen molar-refractivity contribution in [3.8, 4) is 5.75 Å². The lowest BCUT2D eigenvalue weighted by molar-refractivity contribution is -0.143. The molecule has 0 aromatic heterocycles. The lowest BCUT2D eigenvalue weighted by atomic mass is 9.47. The summed E-state index contributed by atoms with van der Waals surface area (Å²) in [5.41, 5.74) is 0.844. The zero-order chi connectivity index (χ0) is 28.1. The summed E-state index contributed by atoms with van der Waals surface area (Å²) in [5, 5.41) is 18.4. The van der Waals surface area contributed by atoms with E-state index < -0.39 is 41.0 Å². The molecule has 1 aromatic rings.